The lowest BCUT2D eigenvalue weighted by atomic mass is 10.0. The predicted octanol–water partition coefficient (Wildman–Crippen LogP) is 2.07. The lowest BCUT2D eigenvalue weighted by Crippen LogP contribution is -2.40. The Morgan fingerprint density at radius 2 is 1.94 bits per heavy atom. The zero-order valence-corrected chi connectivity index (χ0v) is 11.0. The summed E-state index contributed by atoms with van der Waals surface area (Å²) in [5.41, 5.74) is 0. The van der Waals surface area contributed by atoms with Crippen LogP contribution in [0, 0.1) is 11.8 Å². The van der Waals surface area contributed by atoms with Gasteiger partial charge in [0.25, 0.3) is 0 Å². The second-order valence-corrected chi connectivity index (χ2v) is 5.95. The van der Waals surface area contributed by atoms with Crippen LogP contribution in [0.3, 0.4) is 0 Å². The van der Waals surface area contributed by atoms with Gasteiger partial charge in [0.1, 0.15) is 0 Å². The van der Waals surface area contributed by atoms with Crippen molar-refractivity contribution in [2.45, 2.75) is 57.9 Å². The van der Waals surface area contributed by atoms with Crippen molar-refractivity contribution < 1.29 is 4.79 Å². The Morgan fingerprint density at radius 1 is 1.12 bits per heavy atom. The van der Waals surface area contributed by atoms with Crippen molar-refractivity contribution in [2.24, 2.45) is 11.8 Å². The van der Waals surface area contributed by atoms with E-state index in [1.165, 1.54) is 38.5 Å². The number of hydrogen-bond donors (Lipinski definition) is 2. The van der Waals surface area contributed by atoms with Crippen LogP contribution in [0.4, 0.5) is 0 Å². The van der Waals surface area contributed by atoms with Crippen molar-refractivity contribution in [3.63, 3.8) is 0 Å². The van der Waals surface area contributed by atoms with Crippen LogP contribution in [0.1, 0.15) is 51.9 Å². The molecule has 0 radical (unpaired) electrons. The lowest BCUT2D eigenvalue weighted by Gasteiger charge is -2.16. The molecule has 2 atom stereocenters. The first kappa shape index (κ1) is 12.9. The Labute approximate surface area is 105 Å². The van der Waals surface area contributed by atoms with Crippen LogP contribution >= 0.6 is 0 Å². The van der Waals surface area contributed by atoms with E-state index < -0.39 is 0 Å². The third-order valence-electron chi connectivity index (χ3n) is 4.04. The highest BCUT2D eigenvalue weighted by Gasteiger charge is 2.21. The number of nitrogens with one attached hydrogen (secondary N) is 2. The highest BCUT2D eigenvalue weighted by Crippen LogP contribution is 2.27. The molecule has 2 N–H and O–H groups in total. The summed E-state index contributed by atoms with van der Waals surface area (Å²) in [7, 11) is 0. The molecule has 3 heteroatoms. The molecular formula is C14H26N2O. The highest BCUT2D eigenvalue weighted by atomic mass is 16.1. The van der Waals surface area contributed by atoms with E-state index in [2.05, 4.69) is 17.6 Å². The fourth-order valence-corrected chi connectivity index (χ4v) is 2.62. The number of hydrogen-bond acceptors (Lipinski definition) is 2. The fourth-order valence-electron chi connectivity index (χ4n) is 2.62. The third-order valence-corrected chi connectivity index (χ3v) is 4.04. The van der Waals surface area contributed by atoms with Gasteiger partial charge < -0.3 is 10.6 Å². The standard InChI is InChI=1S/C14H26N2O/c1-11-3-2-4-13(8-5-11)16-14(17)10-15-9-12-6-7-12/h11-13,15H,2-10H2,1H3,(H,16,17). The molecule has 0 aliphatic heterocycles. The zero-order chi connectivity index (χ0) is 12.1. The monoisotopic (exact) mass is 238 g/mol. The normalized spacial score (nSPS) is 29.7. The maximum Gasteiger partial charge on any atom is 0.234 e. The van der Waals surface area contributed by atoms with Crippen LogP contribution < -0.4 is 10.6 Å². The van der Waals surface area contributed by atoms with Gasteiger partial charge in [-0.3, -0.25) is 4.79 Å². The topological polar surface area (TPSA) is 41.1 Å². The quantitative estimate of drug-likeness (QED) is 0.720. The first-order chi connectivity index (χ1) is 8.24. The van der Waals surface area contributed by atoms with Crippen molar-refractivity contribution >= 4 is 5.91 Å². The van der Waals surface area contributed by atoms with Crippen LogP contribution in [0.5, 0.6) is 0 Å². The number of amides is 1. The molecule has 2 fully saturated rings. The van der Waals surface area contributed by atoms with E-state index in [1.807, 2.05) is 0 Å². The minimum Gasteiger partial charge on any atom is -0.352 e. The second-order valence-electron chi connectivity index (χ2n) is 5.95. The van der Waals surface area contributed by atoms with Gasteiger partial charge in [-0.15, -0.1) is 0 Å². The Bertz CT molecular complexity index is 251. The highest BCUT2D eigenvalue weighted by molar-refractivity contribution is 5.78. The minimum atomic E-state index is 0.185. The molecule has 17 heavy (non-hydrogen) atoms. The van der Waals surface area contributed by atoms with Gasteiger partial charge in [-0.1, -0.05) is 19.8 Å². The summed E-state index contributed by atoms with van der Waals surface area (Å²) < 4.78 is 0. The molecule has 0 aromatic heterocycles. The summed E-state index contributed by atoms with van der Waals surface area (Å²) in [4.78, 5) is 11.7. The molecule has 0 heterocycles. The van der Waals surface area contributed by atoms with E-state index in [0.717, 1.165) is 24.8 Å². The average molecular weight is 238 g/mol. The summed E-state index contributed by atoms with van der Waals surface area (Å²) in [5.74, 6) is 1.87. The second kappa shape index (κ2) is 6.39. The molecule has 98 valence electrons. The molecule has 2 rings (SSSR count). The molecule has 2 aliphatic rings. The van der Waals surface area contributed by atoms with Crippen molar-refractivity contribution in [2.75, 3.05) is 13.1 Å². The van der Waals surface area contributed by atoms with Gasteiger partial charge in [0, 0.05) is 6.04 Å². The van der Waals surface area contributed by atoms with Gasteiger partial charge in [0.05, 0.1) is 6.54 Å². The number of carbonyl (C=O) groups is 1. The van der Waals surface area contributed by atoms with Gasteiger partial charge in [-0.25, -0.2) is 0 Å². The van der Waals surface area contributed by atoms with E-state index in [9.17, 15) is 4.79 Å². The van der Waals surface area contributed by atoms with Crippen LogP contribution in [-0.4, -0.2) is 25.0 Å². The number of rotatable bonds is 5. The van der Waals surface area contributed by atoms with Crippen molar-refractivity contribution in [1.82, 2.24) is 10.6 Å². The zero-order valence-electron chi connectivity index (χ0n) is 11.0. The van der Waals surface area contributed by atoms with Crippen LogP contribution in [0.15, 0.2) is 0 Å². The van der Waals surface area contributed by atoms with E-state index in [-0.39, 0.29) is 5.91 Å². The molecule has 2 saturated carbocycles. The molecule has 0 spiro atoms. The van der Waals surface area contributed by atoms with E-state index in [1.54, 1.807) is 0 Å². The molecular weight excluding hydrogens is 212 g/mol. The molecule has 0 aromatic carbocycles. The predicted molar refractivity (Wildman–Crippen MR) is 69.8 cm³/mol. The Kier molecular flexibility index (Phi) is 4.84. The van der Waals surface area contributed by atoms with Crippen LogP contribution in [0.2, 0.25) is 0 Å². The average Bonchev–Trinajstić information content (AvgIpc) is 3.09. The molecule has 0 aromatic rings. The maximum absolute atomic E-state index is 11.7. The molecule has 0 bridgehead atoms. The SMILES string of the molecule is CC1CCCC(NC(=O)CNCC2CC2)CC1. The molecule has 3 nitrogen and oxygen atoms in total. The smallest absolute Gasteiger partial charge is 0.234 e. The largest absolute Gasteiger partial charge is 0.352 e. The van der Waals surface area contributed by atoms with Gasteiger partial charge >= 0.3 is 0 Å². The van der Waals surface area contributed by atoms with E-state index in [4.69, 9.17) is 0 Å². The van der Waals surface area contributed by atoms with Gasteiger partial charge in [0.2, 0.25) is 5.91 Å². The molecule has 0 saturated heterocycles. The Balaban J connectivity index is 1.59. The summed E-state index contributed by atoms with van der Waals surface area (Å²) in [6.45, 7) is 3.85. The van der Waals surface area contributed by atoms with Crippen LogP contribution in [-0.2, 0) is 4.79 Å². The lowest BCUT2D eigenvalue weighted by molar-refractivity contribution is -0.121. The van der Waals surface area contributed by atoms with E-state index >= 15 is 0 Å². The first-order valence-corrected chi connectivity index (χ1v) is 7.24. The minimum absolute atomic E-state index is 0.185. The van der Waals surface area contributed by atoms with Crippen molar-refractivity contribution in [3.8, 4) is 0 Å². The summed E-state index contributed by atoms with van der Waals surface area (Å²) in [5, 5.41) is 6.42. The van der Waals surface area contributed by atoms with Gasteiger partial charge in [0.15, 0.2) is 0 Å². The van der Waals surface area contributed by atoms with E-state index in [0.29, 0.717) is 12.6 Å². The summed E-state index contributed by atoms with van der Waals surface area (Å²) >= 11 is 0. The summed E-state index contributed by atoms with van der Waals surface area (Å²) in [6.07, 6.45) is 8.87. The third kappa shape index (κ3) is 5.07. The first-order valence-electron chi connectivity index (χ1n) is 7.24. The van der Waals surface area contributed by atoms with Crippen molar-refractivity contribution in [3.05, 3.63) is 0 Å². The van der Waals surface area contributed by atoms with Gasteiger partial charge in [-0.05, 0) is 50.5 Å². The van der Waals surface area contributed by atoms with Gasteiger partial charge in [-0.2, -0.15) is 0 Å². The Morgan fingerprint density at radius 3 is 2.71 bits per heavy atom. The maximum atomic E-state index is 11.7. The number of carbonyl (C=O) groups excluding carboxylic acids is 1. The summed E-state index contributed by atoms with van der Waals surface area (Å²) in [6, 6.07) is 0.426. The molecule has 1 amide bonds. The molecule has 2 unspecified atom stereocenters. The molecule has 2 aliphatic carbocycles. The fraction of sp³-hybridized carbons (Fsp3) is 0.929. The van der Waals surface area contributed by atoms with Crippen LogP contribution in [0.25, 0.3) is 0 Å². The Hall–Kier alpha value is -0.570. The van der Waals surface area contributed by atoms with Crippen molar-refractivity contribution in [1.29, 1.82) is 0 Å².